The van der Waals surface area contributed by atoms with Gasteiger partial charge in [-0.1, -0.05) is 23.7 Å². The molecule has 0 bridgehead atoms. The Bertz CT molecular complexity index is 485. The van der Waals surface area contributed by atoms with Crippen molar-refractivity contribution in [3.8, 4) is 0 Å². The fourth-order valence-electron chi connectivity index (χ4n) is 2.49. The molecule has 0 spiro atoms. The third-order valence-electron chi connectivity index (χ3n) is 3.93. The van der Waals surface area contributed by atoms with Crippen LogP contribution in [0.5, 0.6) is 0 Å². The monoisotopic (exact) mass is 296 g/mol. The number of carbonyl (C=O) groups is 1. The summed E-state index contributed by atoms with van der Waals surface area (Å²) in [4.78, 5) is 15.8. The van der Waals surface area contributed by atoms with Crippen LogP contribution in [0.2, 0.25) is 5.02 Å². The van der Waals surface area contributed by atoms with Crippen molar-refractivity contribution < 1.29 is 9.90 Å². The van der Waals surface area contributed by atoms with Crippen molar-refractivity contribution in [2.24, 2.45) is 0 Å². The van der Waals surface area contributed by atoms with E-state index in [0.717, 1.165) is 37.3 Å². The minimum absolute atomic E-state index is 0.470. The van der Waals surface area contributed by atoms with Gasteiger partial charge in [0.2, 0.25) is 0 Å². The molecule has 0 aliphatic carbocycles. The minimum atomic E-state index is -0.758. The lowest BCUT2D eigenvalue weighted by atomic mass is 10.0. The summed E-state index contributed by atoms with van der Waals surface area (Å²) in [5.74, 6) is -0.758. The normalized spacial score (nSPS) is 18.9. The van der Waals surface area contributed by atoms with Crippen molar-refractivity contribution in [1.82, 2.24) is 9.80 Å². The Hall–Kier alpha value is -1.10. The van der Waals surface area contributed by atoms with Crippen LogP contribution in [0.3, 0.4) is 0 Å². The van der Waals surface area contributed by atoms with Gasteiger partial charge in [-0.2, -0.15) is 0 Å². The van der Waals surface area contributed by atoms with Crippen LogP contribution in [0.25, 0.3) is 0 Å². The summed E-state index contributed by atoms with van der Waals surface area (Å²) in [6, 6.07) is 5.32. The maximum Gasteiger partial charge on any atom is 0.321 e. The first-order valence-corrected chi connectivity index (χ1v) is 7.25. The van der Waals surface area contributed by atoms with E-state index in [1.165, 1.54) is 0 Å². The lowest BCUT2D eigenvalue weighted by molar-refractivity contribution is -0.144. The fourth-order valence-corrected chi connectivity index (χ4v) is 2.70. The molecule has 1 heterocycles. The first-order valence-electron chi connectivity index (χ1n) is 6.88. The molecule has 1 N–H and O–H groups in total. The second-order valence-corrected chi connectivity index (χ2v) is 5.89. The van der Waals surface area contributed by atoms with Crippen molar-refractivity contribution >= 4 is 17.6 Å². The fraction of sp³-hybridized carbons (Fsp3) is 0.533. The van der Waals surface area contributed by atoms with E-state index < -0.39 is 12.0 Å². The van der Waals surface area contributed by atoms with Crippen LogP contribution in [-0.4, -0.2) is 60.1 Å². The first-order chi connectivity index (χ1) is 9.47. The molecule has 20 heavy (non-hydrogen) atoms. The van der Waals surface area contributed by atoms with Gasteiger partial charge < -0.3 is 10.0 Å². The topological polar surface area (TPSA) is 43.8 Å². The van der Waals surface area contributed by atoms with E-state index in [1.54, 1.807) is 0 Å². The number of carboxylic acid groups (broad SMARTS) is 1. The standard InChI is InChI=1S/C15H21ClN2O2/c1-11-3-4-12(9-13(11)16)10-14(15(19)20)18-7-5-17(2)6-8-18/h3-4,9,14H,5-8,10H2,1-2H3,(H,19,20)/t14-/m0/s1. The Labute approximate surface area is 124 Å². The van der Waals surface area contributed by atoms with Gasteiger partial charge in [0, 0.05) is 31.2 Å². The summed E-state index contributed by atoms with van der Waals surface area (Å²) in [5.41, 5.74) is 1.99. The number of rotatable bonds is 4. The van der Waals surface area contributed by atoms with E-state index in [0.29, 0.717) is 11.4 Å². The summed E-state index contributed by atoms with van der Waals surface area (Å²) in [6.45, 7) is 5.37. The van der Waals surface area contributed by atoms with Crippen molar-refractivity contribution in [2.45, 2.75) is 19.4 Å². The van der Waals surface area contributed by atoms with Gasteiger partial charge in [0.15, 0.2) is 0 Å². The molecule has 110 valence electrons. The Morgan fingerprint density at radius 2 is 2.00 bits per heavy atom. The number of halogens is 1. The van der Waals surface area contributed by atoms with Crippen molar-refractivity contribution in [3.05, 3.63) is 34.3 Å². The second-order valence-electron chi connectivity index (χ2n) is 5.48. The number of likely N-dealkylation sites (N-methyl/N-ethyl adjacent to an activating group) is 1. The number of benzene rings is 1. The number of nitrogens with zero attached hydrogens (tertiary/aromatic N) is 2. The molecule has 0 saturated carbocycles. The molecule has 1 aliphatic heterocycles. The van der Waals surface area contributed by atoms with Gasteiger partial charge in [-0.25, -0.2) is 0 Å². The molecule has 1 aromatic carbocycles. The second kappa shape index (κ2) is 6.57. The molecule has 5 heteroatoms. The van der Waals surface area contributed by atoms with E-state index >= 15 is 0 Å². The van der Waals surface area contributed by atoms with Crippen LogP contribution in [0.15, 0.2) is 18.2 Å². The summed E-state index contributed by atoms with van der Waals surface area (Å²) < 4.78 is 0. The van der Waals surface area contributed by atoms with E-state index in [1.807, 2.05) is 25.1 Å². The summed E-state index contributed by atoms with van der Waals surface area (Å²) in [5, 5.41) is 10.2. The van der Waals surface area contributed by atoms with Crippen LogP contribution in [0, 0.1) is 6.92 Å². The third-order valence-corrected chi connectivity index (χ3v) is 4.34. The maximum atomic E-state index is 11.5. The Morgan fingerprint density at radius 3 is 2.55 bits per heavy atom. The molecule has 1 atom stereocenters. The van der Waals surface area contributed by atoms with Crippen molar-refractivity contribution in [2.75, 3.05) is 33.2 Å². The molecule has 0 radical (unpaired) electrons. The molecular formula is C15H21ClN2O2. The zero-order valence-electron chi connectivity index (χ0n) is 12.0. The van der Waals surface area contributed by atoms with Crippen LogP contribution >= 0.6 is 11.6 Å². The average molecular weight is 297 g/mol. The quantitative estimate of drug-likeness (QED) is 0.921. The predicted molar refractivity (Wildman–Crippen MR) is 80.4 cm³/mol. The van der Waals surface area contributed by atoms with Gasteiger partial charge in [-0.15, -0.1) is 0 Å². The zero-order chi connectivity index (χ0) is 14.7. The lowest BCUT2D eigenvalue weighted by Gasteiger charge is -2.36. The number of carboxylic acids is 1. The maximum absolute atomic E-state index is 11.5. The van der Waals surface area contributed by atoms with Gasteiger partial charge in [0.1, 0.15) is 6.04 Å². The molecule has 1 aromatic rings. The molecule has 1 fully saturated rings. The molecule has 1 aliphatic rings. The summed E-state index contributed by atoms with van der Waals surface area (Å²) >= 11 is 6.11. The van der Waals surface area contributed by atoms with Gasteiger partial charge >= 0.3 is 5.97 Å². The van der Waals surface area contributed by atoms with E-state index in [4.69, 9.17) is 11.6 Å². The first kappa shape index (κ1) is 15.3. The lowest BCUT2D eigenvalue weighted by Crippen LogP contribution is -2.52. The van der Waals surface area contributed by atoms with E-state index in [2.05, 4.69) is 16.8 Å². The Kier molecular flexibility index (Phi) is 5.02. The molecule has 0 aromatic heterocycles. The van der Waals surface area contributed by atoms with Gasteiger partial charge in [-0.3, -0.25) is 9.69 Å². The van der Waals surface area contributed by atoms with E-state index in [-0.39, 0.29) is 0 Å². The molecule has 4 nitrogen and oxygen atoms in total. The van der Waals surface area contributed by atoms with Gasteiger partial charge in [-0.05, 0) is 37.6 Å². The molecule has 1 saturated heterocycles. The summed E-state index contributed by atoms with van der Waals surface area (Å²) in [6.07, 6.45) is 0.499. The van der Waals surface area contributed by atoms with Gasteiger partial charge in [0.05, 0.1) is 0 Å². The molecule has 2 rings (SSSR count). The van der Waals surface area contributed by atoms with Crippen molar-refractivity contribution in [3.63, 3.8) is 0 Å². The minimum Gasteiger partial charge on any atom is -0.480 e. The smallest absolute Gasteiger partial charge is 0.321 e. The predicted octanol–water partition coefficient (Wildman–Crippen LogP) is 1.89. The zero-order valence-corrected chi connectivity index (χ0v) is 12.7. The molecule has 0 amide bonds. The highest BCUT2D eigenvalue weighted by molar-refractivity contribution is 6.31. The number of hydrogen-bond acceptors (Lipinski definition) is 3. The van der Waals surface area contributed by atoms with Gasteiger partial charge in [0.25, 0.3) is 0 Å². The van der Waals surface area contributed by atoms with Crippen LogP contribution in [0.1, 0.15) is 11.1 Å². The Morgan fingerprint density at radius 1 is 1.35 bits per heavy atom. The number of piperazine rings is 1. The largest absolute Gasteiger partial charge is 0.480 e. The number of aliphatic carboxylic acids is 1. The highest BCUT2D eigenvalue weighted by atomic mass is 35.5. The van der Waals surface area contributed by atoms with Crippen LogP contribution in [0.4, 0.5) is 0 Å². The van der Waals surface area contributed by atoms with Crippen molar-refractivity contribution in [1.29, 1.82) is 0 Å². The average Bonchev–Trinajstić information content (AvgIpc) is 2.41. The number of hydrogen-bond donors (Lipinski definition) is 1. The highest BCUT2D eigenvalue weighted by Crippen LogP contribution is 2.19. The summed E-state index contributed by atoms with van der Waals surface area (Å²) in [7, 11) is 2.06. The third kappa shape index (κ3) is 3.72. The Balaban J connectivity index is 2.09. The van der Waals surface area contributed by atoms with E-state index in [9.17, 15) is 9.90 Å². The highest BCUT2D eigenvalue weighted by Gasteiger charge is 2.28. The SMILES string of the molecule is Cc1ccc(C[C@@H](C(=O)O)N2CCN(C)CC2)cc1Cl. The van der Waals surface area contributed by atoms with Crippen LogP contribution < -0.4 is 0 Å². The molecule has 0 unspecified atom stereocenters. The van der Waals surface area contributed by atoms with Crippen LogP contribution in [-0.2, 0) is 11.2 Å². The molecular weight excluding hydrogens is 276 g/mol. The number of aryl methyl sites for hydroxylation is 1.